The van der Waals surface area contributed by atoms with Crippen molar-refractivity contribution in [3.8, 4) is 11.1 Å². The average molecular weight is 420 g/mol. The van der Waals surface area contributed by atoms with Crippen LogP contribution in [-0.2, 0) is 12.8 Å². The first-order valence-corrected chi connectivity index (χ1v) is 9.37. The Labute approximate surface area is 170 Å². The van der Waals surface area contributed by atoms with Crippen molar-refractivity contribution >= 4 is 5.83 Å². The van der Waals surface area contributed by atoms with Crippen LogP contribution in [0.2, 0.25) is 0 Å². The lowest BCUT2D eigenvalue weighted by atomic mass is 9.99. The van der Waals surface area contributed by atoms with Gasteiger partial charge in [0.05, 0.1) is 0 Å². The molecule has 0 unspecified atom stereocenters. The number of aryl methyl sites for hydroxylation is 2. The van der Waals surface area contributed by atoms with E-state index in [0.717, 1.165) is 17.7 Å². The molecule has 0 aromatic heterocycles. The number of halogens is 6. The van der Waals surface area contributed by atoms with Crippen molar-refractivity contribution in [1.82, 2.24) is 0 Å². The summed E-state index contributed by atoms with van der Waals surface area (Å²) >= 11 is 0. The molecule has 0 N–H and O–H groups in total. The van der Waals surface area contributed by atoms with Crippen molar-refractivity contribution < 1.29 is 26.3 Å². The van der Waals surface area contributed by atoms with Crippen LogP contribution in [0.1, 0.15) is 30.0 Å². The summed E-state index contributed by atoms with van der Waals surface area (Å²) in [5.74, 6) is -6.75. The molecule has 0 aliphatic carbocycles. The van der Waals surface area contributed by atoms with Crippen molar-refractivity contribution in [3.05, 3.63) is 100 Å². The van der Waals surface area contributed by atoms with E-state index < -0.39 is 34.9 Å². The van der Waals surface area contributed by atoms with E-state index in [0.29, 0.717) is 18.4 Å². The molecule has 0 saturated carbocycles. The molecule has 0 atom stereocenters. The molecule has 0 bridgehead atoms. The number of rotatable bonds is 6. The maximum atomic E-state index is 14.5. The van der Waals surface area contributed by atoms with Crippen LogP contribution in [0.4, 0.5) is 26.3 Å². The summed E-state index contributed by atoms with van der Waals surface area (Å²) in [5.41, 5.74) is 1.52. The molecule has 156 valence electrons. The Bertz CT molecular complexity index is 1060. The first kappa shape index (κ1) is 21.7. The number of allylic oxidation sites excluding steroid dienone is 1. The molecule has 0 radical (unpaired) electrons. The van der Waals surface area contributed by atoms with Gasteiger partial charge in [-0.15, -0.1) is 0 Å². The van der Waals surface area contributed by atoms with E-state index in [-0.39, 0.29) is 23.1 Å². The smallest absolute Gasteiger partial charge is 0.194 e. The van der Waals surface area contributed by atoms with Gasteiger partial charge in [0.15, 0.2) is 23.3 Å². The van der Waals surface area contributed by atoms with Gasteiger partial charge in [0.2, 0.25) is 0 Å². The van der Waals surface area contributed by atoms with Crippen LogP contribution >= 0.6 is 0 Å². The molecule has 3 rings (SSSR count). The van der Waals surface area contributed by atoms with Gasteiger partial charge in [0.25, 0.3) is 0 Å². The van der Waals surface area contributed by atoms with Gasteiger partial charge in [-0.05, 0) is 54.2 Å². The second kappa shape index (κ2) is 9.20. The second-order valence-corrected chi connectivity index (χ2v) is 6.84. The fourth-order valence-corrected chi connectivity index (χ4v) is 3.08. The van der Waals surface area contributed by atoms with Gasteiger partial charge in [0.1, 0.15) is 11.6 Å². The van der Waals surface area contributed by atoms with Crippen molar-refractivity contribution in [2.75, 3.05) is 0 Å². The third-order valence-corrected chi connectivity index (χ3v) is 4.79. The average Bonchev–Trinajstić information content (AvgIpc) is 2.75. The van der Waals surface area contributed by atoms with Gasteiger partial charge in [-0.1, -0.05) is 43.3 Å². The largest absolute Gasteiger partial charge is 0.209 e. The van der Waals surface area contributed by atoms with Gasteiger partial charge in [-0.25, -0.2) is 26.3 Å². The highest BCUT2D eigenvalue weighted by molar-refractivity contribution is 5.65. The minimum Gasteiger partial charge on any atom is -0.209 e. The SMILES string of the molecule is CC/C(F)=C(\F)c1ccc(CCc2ccc(-c3cc(F)c(F)c(F)c3)c(F)c2)cc1. The number of benzene rings is 3. The van der Waals surface area contributed by atoms with E-state index in [1.54, 1.807) is 18.2 Å². The maximum absolute atomic E-state index is 14.5. The fourth-order valence-electron chi connectivity index (χ4n) is 3.08. The van der Waals surface area contributed by atoms with Crippen molar-refractivity contribution in [1.29, 1.82) is 0 Å². The molecule has 0 heterocycles. The molecular formula is C24H18F6. The first-order valence-electron chi connectivity index (χ1n) is 9.37. The highest BCUT2D eigenvalue weighted by Crippen LogP contribution is 2.28. The zero-order chi connectivity index (χ0) is 21.8. The third kappa shape index (κ3) is 4.75. The Morgan fingerprint density at radius 2 is 1.27 bits per heavy atom. The van der Waals surface area contributed by atoms with E-state index in [1.807, 2.05) is 0 Å². The Hall–Kier alpha value is -3.02. The van der Waals surface area contributed by atoms with Crippen LogP contribution < -0.4 is 0 Å². The molecule has 0 amide bonds. The summed E-state index contributed by atoms with van der Waals surface area (Å²) in [6.45, 7) is 1.52. The van der Waals surface area contributed by atoms with Crippen LogP contribution in [-0.4, -0.2) is 0 Å². The summed E-state index contributed by atoms with van der Waals surface area (Å²) in [6.07, 6.45) is 0.969. The maximum Gasteiger partial charge on any atom is 0.194 e. The standard InChI is InChI=1S/C24H18F6/c1-2-19(25)23(29)16-8-5-14(6-9-16)3-4-15-7-10-18(20(26)11-15)17-12-21(27)24(30)22(28)13-17/h5-13H,2-4H2,1H3/b23-19+. The zero-order valence-electron chi connectivity index (χ0n) is 16.1. The van der Waals surface area contributed by atoms with E-state index in [4.69, 9.17) is 0 Å². The molecule has 30 heavy (non-hydrogen) atoms. The van der Waals surface area contributed by atoms with Crippen molar-refractivity contribution in [2.24, 2.45) is 0 Å². The Kier molecular flexibility index (Phi) is 6.65. The summed E-state index contributed by atoms with van der Waals surface area (Å²) in [5, 5.41) is 0. The topological polar surface area (TPSA) is 0 Å². The molecule has 0 nitrogen and oxygen atoms in total. The highest BCUT2D eigenvalue weighted by atomic mass is 19.2. The van der Waals surface area contributed by atoms with E-state index in [9.17, 15) is 26.3 Å². The summed E-state index contributed by atoms with van der Waals surface area (Å²) in [6, 6.07) is 12.1. The number of hydrogen-bond donors (Lipinski definition) is 0. The molecule has 0 spiro atoms. The normalized spacial score (nSPS) is 12.1. The Balaban J connectivity index is 1.72. The molecule has 3 aromatic rings. The predicted molar refractivity (Wildman–Crippen MR) is 105 cm³/mol. The summed E-state index contributed by atoms with van der Waals surface area (Å²) in [7, 11) is 0. The molecule has 0 fully saturated rings. The van der Waals surface area contributed by atoms with Crippen molar-refractivity contribution in [2.45, 2.75) is 26.2 Å². The predicted octanol–water partition coefficient (Wildman–Crippen LogP) is 7.71. The third-order valence-electron chi connectivity index (χ3n) is 4.79. The van der Waals surface area contributed by atoms with Crippen LogP contribution in [0.5, 0.6) is 0 Å². The van der Waals surface area contributed by atoms with E-state index in [2.05, 4.69) is 0 Å². The van der Waals surface area contributed by atoms with Crippen molar-refractivity contribution in [3.63, 3.8) is 0 Å². The Morgan fingerprint density at radius 1 is 0.700 bits per heavy atom. The van der Waals surface area contributed by atoms with Crippen LogP contribution in [0.25, 0.3) is 17.0 Å². The Morgan fingerprint density at radius 3 is 1.83 bits per heavy atom. The van der Waals surface area contributed by atoms with Crippen LogP contribution in [0.3, 0.4) is 0 Å². The van der Waals surface area contributed by atoms with E-state index in [1.165, 1.54) is 31.2 Å². The fraction of sp³-hybridized carbons (Fsp3) is 0.167. The highest BCUT2D eigenvalue weighted by Gasteiger charge is 2.14. The molecule has 6 heteroatoms. The van der Waals surface area contributed by atoms with Gasteiger partial charge >= 0.3 is 0 Å². The quantitative estimate of drug-likeness (QED) is 0.283. The summed E-state index contributed by atoms with van der Waals surface area (Å²) < 4.78 is 81.5. The van der Waals surface area contributed by atoms with Crippen LogP contribution in [0, 0.1) is 23.3 Å². The molecular weight excluding hydrogens is 402 g/mol. The lowest BCUT2D eigenvalue weighted by molar-refractivity contribution is 0.447. The van der Waals surface area contributed by atoms with Crippen LogP contribution in [0.15, 0.2) is 60.4 Å². The minimum atomic E-state index is -1.60. The monoisotopic (exact) mass is 420 g/mol. The molecule has 0 saturated heterocycles. The second-order valence-electron chi connectivity index (χ2n) is 6.84. The lowest BCUT2D eigenvalue weighted by Gasteiger charge is -2.08. The minimum absolute atomic E-state index is 0.0215. The lowest BCUT2D eigenvalue weighted by Crippen LogP contribution is -1.96. The first-order chi connectivity index (χ1) is 14.3. The van der Waals surface area contributed by atoms with Gasteiger partial charge < -0.3 is 0 Å². The molecule has 3 aromatic carbocycles. The van der Waals surface area contributed by atoms with Gasteiger partial charge in [-0.3, -0.25) is 0 Å². The molecule has 0 aliphatic rings. The van der Waals surface area contributed by atoms with Gasteiger partial charge in [0, 0.05) is 11.1 Å². The number of hydrogen-bond acceptors (Lipinski definition) is 0. The zero-order valence-corrected chi connectivity index (χ0v) is 16.1. The van der Waals surface area contributed by atoms with Gasteiger partial charge in [-0.2, -0.15) is 0 Å². The van der Waals surface area contributed by atoms with E-state index >= 15 is 0 Å². The molecule has 0 aliphatic heterocycles. The summed E-state index contributed by atoms with van der Waals surface area (Å²) in [4.78, 5) is 0.